The second-order valence-corrected chi connectivity index (χ2v) is 5.33. The van der Waals surface area contributed by atoms with Gasteiger partial charge in [0.15, 0.2) is 0 Å². The van der Waals surface area contributed by atoms with Crippen LogP contribution < -0.4 is 5.32 Å². The monoisotopic (exact) mass is 221 g/mol. The SMILES string of the molecule is CC1=CC(C)CC(C2CC(=O)NC(=O)C2)C1. The second-order valence-electron chi connectivity index (χ2n) is 5.33. The first kappa shape index (κ1) is 11.4. The molecule has 1 N–H and O–H groups in total. The lowest BCUT2D eigenvalue weighted by Crippen LogP contribution is -2.41. The van der Waals surface area contributed by atoms with Crippen LogP contribution in [0.1, 0.15) is 39.5 Å². The molecule has 1 aliphatic carbocycles. The number of carbonyl (C=O) groups excluding carboxylic acids is 2. The Balaban J connectivity index is 2.05. The predicted octanol–water partition coefficient (Wildman–Crippen LogP) is 2.03. The van der Waals surface area contributed by atoms with E-state index >= 15 is 0 Å². The second kappa shape index (κ2) is 4.40. The third-order valence-electron chi connectivity index (χ3n) is 3.67. The molecule has 0 aromatic carbocycles. The van der Waals surface area contributed by atoms with E-state index < -0.39 is 0 Å². The van der Waals surface area contributed by atoms with E-state index in [0.29, 0.717) is 24.7 Å². The highest BCUT2D eigenvalue weighted by Gasteiger charge is 2.33. The van der Waals surface area contributed by atoms with Gasteiger partial charge in [0.2, 0.25) is 11.8 Å². The Morgan fingerprint density at radius 1 is 1.12 bits per heavy atom. The molecule has 3 heteroatoms. The summed E-state index contributed by atoms with van der Waals surface area (Å²) < 4.78 is 0. The van der Waals surface area contributed by atoms with Crippen LogP contribution in [0.15, 0.2) is 11.6 Å². The summed E-state index contributed by atoms with van der Waals surface area (Å²) in [4.78, 5) is 22.7. The molecular weight excluding hydrogens is 202 g/mol. The van der Waals surface area contributed by atoms with Crippen LogP contribution in [-0.4, -0.2) is 11.8 Å². The molecule has 2 aliphatic rings. The van der Waals surface area contributed by atoms with Crippen LogP contribution in [0.4, 0.5) is 0 Å². The number of carbonyl (C=O) groups is 2. The maximum atomic E-state index is 11.3. The molecular formula is C13H19NO2. The molecule has 1 fully saturated rings. The highest BCUT2D eigenvalue weighted by molar-refractivity contribution is 5.97. The Morgan fingerprint density at radius 2 is 1.75 bits per heavy atom. The van der Waals surface area contributed by atoms with Gasteiger partial charge in [0, 0.05) is 12.8 Å². The Hall–Kier alpha value is -1.12. The number of rotatable bonds is 1. The summed E-state index contributed by atoms with van der Waals surface area (Å²) in [5.41, 5.74) is 1.40. The van der Waals surface area contributed by atoms with E-state index in [1.165, 1.54) is 5.57 Å². The fourth-order valence-corrected chi connectivity index (χ4v) is 3.09. The first-order chi connectivity index (χ1) is 7.54. The fourth-order valence-electron chi connectivity index (χ4n) is 3.09. The Kier molecular flexibility index (Phi) is 3.13. The van der Waals surface area contributed by atoms with Gasteiger partial charge in [0.05, 0.1) is 0 Å². The molecule has 2 unspecified atom stereocenters. The van der Waals surface area contributed by atoms with E-state index in [-0.39, 0.29) is 17.7 Å². The van der Waals surface area contributed by atoms with Crippen molar-refractivity contribution in [3.05, 3.63) is 11.6 Å². The topological polar surface area (TPSA) is 46.2 Å². The van der Waals surface area contributed by atoms with Gasteiger partial charge in [-0.1, -0.05) is 18.6 Å². The first-order valence-corrected chi connectivity index (χ1v) is 6.04. The zero-order chi connectivity index (χ0) is 11.7. The summed E-state index contributed by atoms with van der Waals surface area (Å²) in [6, 6.07) is 0. The minimum absolute atomic E-state index is 0.0962. The minimum Gasteiger partial charge on any atom is -0.296 e. The van der Waals surface area contributed by atoms with Gasteiger partial charge in [-0.15, -0.1) is 0 Å². The van der Waals surface area contributed by atoms with E-state index in [1.54, 1.807) is 0 Å². The Bertz CT molecular complexity index is 330. The summed E-state index contributed by atoms with van der Waals surface area (Å²) in [7, 11) is 0. The third kappa shape index (κ3) is 2.52. The maximum absolute atomic E-state index is 11.3. The normalized spacial score (nSPS) is 32.2. The summed E-state index contributed by atoms with van der Waals surface area (Å²) in [6.07, 6.45) is 5.52. The fraction of sp³-hybridized carbons (Fsp3) is 0.692. The van der Waals surface area contributed by atoms with E-state index in [2.05, 4.69) is 25.2 Å². The third-order valence-corrected chi connectivity index (χ3v) is 3.67. The van der Waals surface area contributed by atoms with Crippen molar-refractivity contribution in [1.82, 2.24) is 5.32 Å². The van der Waals surface area contributed by atoms with Crippen LogP contribution in [0.3, 0.4) is 0 Å². The first-order valence-electron chi connectivity index (χ1n) is 6.04. The smallest absolute Gasteiger partial charge is 0.226 e. The molecule has 88 valence electrons. The van der Waals surface area contributed by atoms with Gasteiger partial charge in [-0.2, -0.15) is 0 Å². The van der Waals surface area contributed by atoms with Crippen molar-refractivity contribution >= 4 is 11.8 Å². The zero-order valence-electron chi connectivity index (χ0n) is 9.95. The number of imide groups is 1. The summed E-state index contributed by atoms with van der Waals surface area (Å²) in [6.45, 7) is 4.35. The van der Waals surface area contributed by atoms with E-state index in [1.807, 2.05) is 0 Å². The molecule has 16 heavy (non-hydrogen) atoms. The van der Waals surface area contributed by atoms with E-state index in [4.69, 9.17) is 0 Å². The molecule has 2 rings (SSSR count). The molecule has 0 spiro atoms. The quantitative estimate of drug-likeness (QED) is 0.544. The number of allylic oxidation sites excluding steroid dienone is 2. The predicted molar refractivity (Wildman–Crippen MR) is 61.5 cm³/mol. The van der Waals surface area contributed by atoms with Gasteiger partial charge in [-0.05, 0) is 37.5 Å². The molecule has 0 bridgehead atoms. The molecule has 2 amide bonds. The zero-order valence-corrected chi connectivity index (χ0v) is 9.95. The van der Waals surface area contributed by atoms with Crippen molar-refractivity contribution in [3.63, 3.8) is 0 Å². The lowest BCUT2D eigenvalue weighted by molar-refractivity contribution is -0.135. The minimum atomic E-state index is -0.0962. The average molecular weight is 221 g/mol. The highest BCUT2D eigenvalue weighted by atomic mass is 16.2. The number of amides is 2. The molecule has 1 heterocycles. The van der Waals surface area contributed by atoms with Gasteiger partial charge in [-0.25, -0.2) is 0 Å². The molecule has 0 saturated carbocycles. The van der Waals surface area contributed by atoms with Crippen molar-refractivity contribution in [2.24, 2.45) is 17.8 Å². The molecule has 0 aromatic rings. The van der Waals surface area contributed by atoms with Gasteiger partial charge in [-0.3, -0.25) is 14.9 Å². The van der Waals surface area contributed by atoms with Crippen molar-refractivity contribution in [2.45, 2.75) is 39.5 Å². The van der Waals surface area contributed by atoms with E-state index in [0.717, 1.165) is 12.8 Å². The average Bonchev–Trinajstić information content (AvgIpc) is 2.14. The maximum Gasteiger partial charge on any atom is 0.226 e. The lowest BCUT2D eigenvalue weighted by Gasteiger charge is -2.33. The van der Waals surface area contributed by atoms with Gasteiger partial charge in [0.1, 0.15) is 0 Å². The summed E-state index contributed by atoms with van der Waals surface area (Å²) in [5, 5.41) is 2.38. The van der Waals surface area contributed by atoms with Crippen LogP contribution >= 0.6 is 0 Å². The standard InChI is InChI=1S/C13H19NO2/c1-8-3-9(2)5-10(4-8)11-6-12(15)14-13(16)7-11/h3,8,10-11H,4-7H2,1-2H3,(H,14,15,16). The lowest BCUT2D eigenvalue weighted by atomic mass is 9.73. The van der Waals surface area contributed by atoms with Crippen LogP contribution in [0, 0.1) is 17.8 Å². The van der Waals surface area contributed by atoms with Gasteiger partial charge < -0.3 is 0 Å². The van der Waals surface area contributed by atoms with Crippen LogP contribution in [-0.2, 0) is 9.59 Å². The molecule has 1 aliphatic heterocycles. The molecule has 3 nitrogen and oxygen atoms in total. The van der Waals surface area contributed by atoms with Crippen molar-refractivity contribution in [2.75, 3.05) is 0 Å². The van der Waals surface area contributed by atoms with Gasteiger partial charge >= 0.3 is 0 Å². The van der Waals surface area contributed by atoms with Gasteiger partial charge in [0.25, 0.3) is 0 Å². The molecule has 0 radical (unpaired) electrons. The van der Waals surface area contributed by atoms with Crippen molar-refractivity contribution in [1.29, 1.82) is 0 Å². The molecule has 1 saturated heterocycles. The van der Waals surface area contributed by atoms with Crippen LogP contribution in [0.5, 0.6) is 0 Å². The number of hydrogen-bond donors (Lipinski definition) is 1. The summed E-state index contributed by atoms with van der Waals surface area (Å²) >= 11 is 0. The molecule has 0 aromatic heterocycles. The Morgan fingerprint density at radius 3 is 2.31 bits per heavy atom. The van der Waals surface area contributed by atoms with Crippen LogP contribution in [0.2, 0.25) is 0 Å². The Labute approximate surface area is 96.3 Å². The van der Waals surface area contributed by atoms with E-state index in [9.17, 15) is 9.59 Å². The van der Waals surface area contributed by atoms with Crippen molar-refractivity contribution in [3.8, 4) is 0 Å². The van der Waals surface area contributed by atoms with Crippen LogP contribution in [0.25, 0.3) is 0 Å². The number of hydrogen-bond acceptors (Lipinski definition) is 2. The highest BCUT2D eigenvalue weighted by Crippen LogP contribution is 2.36. The number of nitrogens with one attached hydrogen (secondary N) is 1. The number of piperidine rings is 1. The summed E-state index contributed by atoms with van der Waals surface area (Å²) in [5.74, 6) is 1.16. The molecule has 2 atom stereocenters. The largest absolute Gasteiger partial charge is 0.296 e. The van der Waals surface area contributed by atoms with Crippen molar-refractivity contribution < 1.29 is 9.59 Å².